The molecule has 4 nitrogen and oxygen atoms in total. The summed E-state index contributed by atoms with van der Waals surface area (Å²) >= 11 is 0. The Bertz CT molecular complexity index is 506. The van der Waals surface area contributed by atoms with E-state index in [1.807, 2.05) is 35.9 Å². The standard InChI is InChI=1S/C8H14N2.C7H12N2/c1-6(2)8-5-10(4)9-7(8)3;1-6(2)7-4-8-9(3)5-7/h5-6H,1-4H3;4-6H,1-3H3. The van der Waals surface area contributed by atoms with E-state index >= 15 is 0 Å². The lowest BCUT2D eigenvalue weighted by Crippen LogP contribution is -1.86. The maximum atomic E-state index is 4.25. The van der Waals surface area contributed by atoms with Gasteiger partial charge in [-0.15, -0.1) is 0 Å². The minimum Gasteiger partial charge on any atom is -0.276 e. The summed E-state index contributed by atoms with van der Waals surface area (Å²) < 4.78 is 3.69. The zero-order valence-corrected chi connectivity index (χ0v) is 13.2. The smallest absolute Gasteiger partial charge is 0.0628 e. The van der Waals surface area contributed by atoms with Crippen LogP contribution in [0.3, 0.4) is 0 Å². The highest BCUT2D eigenvalue weighted by atomic mass is 15.2. The first kappa shape index (κ1) is 15.5. The van der Waals surface area contributed by atoms with Gasteiger partial charge in [-0.3, -0.25) is 9.36 Å². The van der Waals surface area contributed by atoms with E-state index in [0.29, 0.717) is 11.8 Å². The van der Waals surface area contributed by atoms with Gasteiger partial charge < -0.3 is 0 Å². The van der Waals surface area contributed by atoms with Crippen LogP contribution in [0.5, 0.6) is 0 Å². The summed E-state index contributed by atoms with van der Waals surface area (Å²) in [6.45, 7) is 10.7. The van der Waals surface area contributed by atoms with E-state index in [9.17, 15) is 0 Å². The third kappa shape index (κ3) is 4.54. The first-order chi connectivity index (χ1) is 8.81. The molecule has 0 saturated heterocycles. The maximum Gasteiger partial charge on any atom is 0.0628 e. The molecule has 2 heterocycles. The summed E-state index contributed by atoms with van der Waals surface area (Å²) in [5.74, 6) is 1.19. The Labute approximate surface area is 116 Å². The van der Waals surface area contributed by atoms with Crippen molar-refractivity contribution in [2.75, 3.05) is 0 Å². The van der Waals surface area contributed by atoms with Crippen molar-refractivity contribution in [1.29, 1.82) is 0 Å². The molecule has 0 aromatic carbocycles. The lowest BCUT2D eigenvalue weighted by molar-refractivity contribution is 0.756. The van der Waals surface area contributed by atoms with Gasteiger partial charge in [-0.25, -0.2) is 0 Å². The molecule has 0 unspecified atom stereocenters. The van der Waals surface area contributed by atoms with Crippen molar-refractivity contribution in [3.8, 4) is 0 Å². The van der Waals surface area contributed by atoms with Crippen LogP contribution in [-0.4, -0.2) is 19.6 Å². The molecule has 0 aliphatic rings. The molecule has 0 radical (unpaired) electrons. The van der Waals surface area contributed by atoms with Crippen LogP contribution in [0.1, 0.15) is 56.4 Å². The Morgan fingerprint density at radius 1 is 0.947 bits per heavy atom. The molecule has 4 heteroatoms. The molecule has 0 fully saturated rings. The van der Waals surface area contributed by atoms with Gasteiger partial charge in [0, 0.05) is 26.5 Å². The second-order valence-corrected chi connectivity index (χ2v) is 5.60. The Morgan fingerprint density at radius 2 is 1.58 bits per heavy atom. The molecule has 0 N–H and O–H groups in total. The predicted octanol–water partition coefficient (Wildman–Crippen LogP) is 3.40. The summed E-state index contributed by atoms with van der Waals surface area (Å²) in [5.41, 5.74) is 3.80. The Morgan fingerprint density at radius 3 is 1.79 bits per heavy atom. The third-order valence-corrected chi connectivity index (χ3v) is 3.06. The molecule has 2 rings (SSSR count). The molecule has 0 aliphatic heterocycles. The molecule has 0 aliphatic carbocycles. The number of rotatable bonds is 2. The molecule has 0 bridgehead atoms. The molecule has 0 saturated carbocycles. The van der Waals surface area contributed by atoms with Crippen molar-refractivity contribution >= 4 is 0 Å². The van der Waals surface area contributed by atoms with Crippen molar-refractivity contribution in [1.82, 2.24) is 19.6 Å². The number of hydrogen-bond donors (Lipinski definition) is 0. The second-order valence-electron chi connectivity index (χ2n) is 5.60. The van der Waals surface area contributed by atoms with Crippen molar-refractivity contribution in [3.05, 3.63) is 35.4 Å². The van der Waals surface area contributed by atoms with Crippen LogP contribution in [0.25, 0.3) is 0 Å². The molecular formula is C15H26N4. The predicted molar refractivity (Wildman–Crippen MR) is 79.3 cm³/mol. The highest BCUT2D eigenvalue weighted by Gasteiger charge is 2.05. The first-order valence-electron chi connectivity index (χ1n) is 6.80. The zero-order chi connectivity index (χ0) is 14.6. The van der Waals surface area contributed by atoms with Gasteiger partial charge in [0.15, 0.2) is 0 Å². The summed E-state index contributed by atoms with van der Waals surface area (Å²) in [7, 11) is 3.89. The molecular weight excluding hydrogens is 236 g/mol. The summed E-state index contributed by atoms with van der Waals surface area (Å²) in [6, 6.07) is 0. The third-order valence-electron chi connectivity index (χ3n) is 3.06. The van der Waals surface area contributed by atoms with Gasteiger partial charge in [-0.2, -0.15) is 10.2 Å². The minimum absolute atomic E-state index is 0.591. The highest BCUT2D eigenvalue weighted by Crippen LogP contribution is 2.16. The van der Waals surface area contributed by atoms with Crippen molar-refractivity contribution < 1.29 is 0 Å². The van der Waals surface area contributed by atoms with Crippen LogP contribution in [-0.2, 0) is 14.1 Å². The lowest BCUT2D eigenvalue weighted by atomic mass is 10.1. The Kier molecular flexibility index (Phi) is 5.33. The summed E-state index contributed by atoms with van der Waals surface area (Å²) in [5, 5.41) is 8.30. The van der Waals surface area contributed by atoms with E-state index in [4.69, 9.17) is 0 Å². The monoisotopic (exact) mass is 262 g/mol. The van der Waals surface area contributed by atoms with Crippen LogP contribution in [0.15, 0.2) is 18.6 Å². The molecule has 2 aromatic heterocycles. The molecule has 0 spiro atoms. The number of aromatic nitrogens is 4. The fourth-order valence-electron chi connectivity index (χ4n) is 1.92. The van der Waals surface area contributed by atoms with Crippen LogP contribution in [0.4, 0.5) is 0 Å². The Balaban J connectivity index is 0.000000191. The van der Waals surface area contributed by atoms with Crippen LogP contribution < -0.4 is 0 Å². The molecule has 0 atom stereocenters. The van der Waals surface area contributed by atoms with Gasteiger partial charge >= 0.3 is 0 Å². The Hall–Kier alpha value is -1.58. The quantitative estimate of drug-likeness (QED) is 0.831. The fourth-order valence-corrected chi connectivity index (χ4v) is 1.92. The second kappa shape index (κ2) is 6.55. The fraction of sp³-hybridized carbons (Fsp3) is 0.600. The topological polar surface area (TPSA) is 35.6 Å². The largest absolute Gasteiger partial charge is 0.276 e. The average molecular weight is 262 g/mol. The average Bonchev–Trinajstić information content (AvgIpc) is 2.85. The van der Waals surface area contributed by atoms with Crippen molar-refractivity contribution in [3.63, 3.8) is 0 Å². The van der Waals surface area contributed by atoms with E-state index in [1.165, 1.54) is 11.1 Å². The van der Waals surface area contributed by atoms with Gasteiger partial charge in [0.1, 0.15) is 0 Å². The number of hydrogen-bond acceptors (Lipinski definition) is 2. The molecule has 2 aromatic rings. The molecule has 0 amide bonds. The van der Waals surface area contributed by atoms with Crippen molar-refractivity contribution in [2.24, 2.45) is 14.1 Å². The van der Waals surface area contributed by atoms with E-state index in [2.05, 4.69) is 51.0 Å². The van der Waals surface area contributed by atoms with Gasteiger partial charge in [0.05, 0.1) is 11.9 Å². The first-order valence-corrected chi connectivity index (χ1v) is 6.80. The van der Waals surface area contributed by atoms with Gasteiger partial charge in [0.2, 0.25) is 0 Å². The van der Waals surface area contributed by atoms with Gasteiger partial charge in [0.25, 0.3) is 0 Å². The van der Waals surface area contributed by atoms with Crippen LogP contribution in [0, 0.1) is 6.92 Å². The van der Waals surface area contributed by atoms with Crippen molar-refractivity contribution in [2.45, 2.75) is 46.5 Å². The lowest BCUT2D eigenvalue weighted by Gasteiger charge is -1.99. The molecule has 19 heavy (non-hydrogen) atoms. The van der Waals surface area contributed by atoms with Gasteiger partial charge in [-0.05, 0) is 29.9 Å². The summed E-state index contributed by atoms with van der Waals surface area (Å²) in [4.78, 5) is 0. The highest BCUT2D eigenvalue weighted by molar-refractivity contribution is 5.18. The van der Waals surface area contributed by atoms with E-state index in [-0.39, 0.29) is 0 Å². The number of nitrogens with zero attached hydrogens (tertiary/aromatic N) is 4. The van der Waals surface area contributed by atoms with E-state index < -0.39 is 0 Å². The SMILES string of the molecule is CC(C)c1cnn(C)c1.Cc1nn(C)cc1C(C)C. The van der Waals surface area contributed by atoms with Crippen LogP contribution in [0.2, 0.25) is 0 Å². The van der Waals surface area contributed by atoms with Gasteiger partial charge in [-0.1, -0.05) is 27.7 Å². The summed E-state index contributed by atoms with van der Waals surface area (Å²) in [6.07, 6.45) is 6.04. The zero-order valence-electron chi connectivity index (χ0n) is 13.2. The molecule has 106 valence electrons. The maximum absolute atomic E-state index is 4.25. The van der Waals surface area contributed by atoms with E-state index in [1.54, 1.807) is 0 Å². The van der Waals surface area contributed by atoms with E-state index in [0.717, 1.165) is 5.69 Å². The van der Waals surface area contributed by atoms with Crippen LogP contribution >= 0.6 is 0 Å². The number of aryl methyl sites for hydroxylation is 3. The minimum atomic E-state index is 0.591. The normalized spacial score (nSPS) is 10.8.